The first-order valence-electron chi connectivity index (χ1n) is 14.5. The lowest BCUT2D eigenvalue weighted by Gasteiger charge is -2.21. The summed E-state index contributed by atoms with van der Waals surface area (Å²) in [6.45, 7) is 3.70. The van der Waals surface area contributed by atoms with Crippen LogP contribution in [-0.4, -0.2) is 26.9 Å². The third-order valence-corrected chi connectivity index (χ3v) is 8.67. The Hall–Kier alpha value is -3.12. The van der Waals surface area contributed by atoms with Crippen LogP contribution < -0.4 is 10.6 Å². The molecule has 1 heterocycles. The van der Waals surface area contributed by atoms with Gasteiger partial charge in [-0.15, -0.1) is 0 Å². The van der Waals surface area contributed by atoms with Gasteiger partial charge in [0.25, 0.3) is 0 Å². The van der Waals surface area contributed by atoms with Gasteiger partial charge in [0.1, 0.15) is 0 Å². The van der Waals surface area contributed by atoms with Crippen LogP contribution in [0.4, 0.5) is 0 Å². The van der Waals surface area contributed by atoms with Crippen molar-refractivity contribution in [3.05, 3.63) is 110 Å². The maximum Gasteiger partial charge on any atom is 0.303 e. The molecule has 3 aromatic rings. The van der Waals surface area contributed by atoms with Crippen molar-refractivity contribution in [2.24, 2.45) is 5.41 Å². The van der Waals surface area contributed by atoms with Gasteiger partial charge in [0.05, 0.1) is 23.1 Å². The molecule has 0 radical (unpaired) electrons. The van der Waals surface area contributed by atoms with Crippen LogP contribution in [0.5, 0.6) is 0 Å². The van der Waals surface area contributed by atoms with Crippen LogP contribution in [0.15, 0.2) is 71.8 Å². The molecule has 0 bridgehead atoms. The van der Waals surface area contributed by atoms with E-state index >= 15 is 0 Å². The van der Waals surface area contributed by atoms with Crippen LogP contribution in [0.2, 0.25) is 0 Å². The van der Waals surface area contributed by atoms with E-state index < -0.39 is 11.6 Å². The van der Waals surface area contributed by atoms with Gasteiger partial charge in [-0.3, -0.25) is 4.79 Å². The van der Waals surface area contributed by atoms with Gasteiger partial charge in [-0.25, -0.2) is 4.98 Å². The molecule has 5 rings (SSSR count). The molecule has 6 heteroatoms. The number of fused-ring (bicyclic) bond motifs is 1. The lowest BCUT2D eigenvalue weighted by atomic mass is 9.90. The van der Waals surface area contributed by atoms with E-state index in [4.69, 9.17) is 21.7 Å². The van der Waals surface area contributed by atoms with E-state index in [1.807, 2.05) is 50.3 Å². The van der Waals surface area contributed by atoms with Gasteiger partial charge in [-0.2, -0.15) is 12.6 Å². The van der Waals surface area contributed by atoms with Crippen molar-refractivity contribution < 1.29 is 15.0 Å². The Morgan fingerprint density at radius 2 is 1.83 bits per heavy atom. The van der Waals surface area contributed by atoms with Gasteiger partial charge in [0.15, 0.2) is 0 Å². The summed E-state index contributed by atoms with van der Waals surface area (Å²) < 4.78 is 0. The Balaban J connectivity index is 0.000000385. The monoisotopic (exact) mass is 601 g/mol. The van der Waals surface area contributed by atoms with E-state index in [1.54, 1.807) is 0 Å². The number of allylic oxidation sites excluding steroid dienone is 2. The maximum absolute atomic E-state index is 10.4. The molecule has 2 aliphatic carbocycles. The lowest BCUT2D eigenvalue weighted by molar-refractivity contribution is -0.138. The molecule has 2 N–H and O–H groups in total. The Bertz CT molecular complexity index is 1580. The van der Waals surface area contributed by atoms with Crippen molar-refractivity contribution in [2.75, 3.05) is 5.75 Å². The van der Waals surface area contributed by atoms with E-state index in [2.05, 4.69) is 67.3 Å². The number of carboxylic acid groups (broad SMARTS) is 1. The smallest absolute Gasteiger partial charge is 0.303 e. The molecule has 1 fully saturated rings. The fraction of sp³-hybridized carbons (Fsp3) is 0.333. The number of carboxylic acids is 1. The second-order valence-electron chi connectivity index (χ2n) is 11.8. The predicted octanol–water partition coefficient (Wildman–Crippen LogP) is 6.91. The zero-order valence-corrected chi connectivity index (χ0v) is 26.0. The molecule has 42 heavy (non-hydrogen) atoms. The topological polar surface area (TPSA) is 70.4 Å². The van der Waals surface area contributed by atoms with Gasteiger partial charge in [-0.05, 0) is 103 Å². The molecule has 4 nitrogen and oxygen atoms in total. The Morgan fingerprint density at radius 1 is 1.05 bits per heavy atom. The number of thiol groups is 1. The minimum absolute atomic E-state index is 0.0783. The van der Waals surface area contributed by atoms with Crippen LogP contribution in [0.25, 0.3) is 24.3 Å². The average Bonchev–Trinajstić information content (AvgIpc) is 3.76. The van der Waals surface area contributed by atoms with Gasteiger partial charge in [0, 0.05) is 11.5 Å². The summed E-state index contributed by atoms with van der Waals surface area (Å²) in [6, 6.07) is 21.0. The highest BCUT2D eigenvalue weighted by Gasteiger charge is 2.42. The molecule has 1 saturated carbocycles. The minimum Gasteiger partial charge on any atom is -0.481 e. The number of aromatic nitrogens is 1. The zero-order chi connectivity index (χ0) is 30.2. The summed E-state index contributed by atoms with van der Waals surface area (Å²) in [5.74, 6) is 0.0285. The molecular formula is C36H40ClNO3S. The third-order valence-electron chi connectivity index (χ3n) is 7.72. The molecule has 1 aromatic heterocycles. The molecule has 2 aromatic carbocycles. The second-order valence-corrected chi connectivity index (χ2v) is 12.6. The zero-order valence-electron chi connectivity index (χ0n) is 24.4. The molecule has 0 aliphatic heterocycles. The molecule has 0 unspecified atom stereocenters. The summed E-state index contributed by atoms with van der Waals surface area (Å²) in [7, 11) is 0. The number of aliphatic hydroxyl groups is 1. The summed E-state index contributed by atoms with van der Waals surface area (Å²) in [6.07, 6.45) is 16.3. The van der Waals surface area contributed by atoms with Gasteiger partial charge in [0.2, 0.25) is 0 Å². The maximum atomic E-state index is 10.4. The third kappa shape index (κ3) is 9.45. The van der Waals surface area contributed by atoms with Crippen molar-refractivity contribution in [1.82, 2.24) is 4.98 Å². The summed E-state index contributed by atoms with van der Waals surface area (Å²) in [5.41, 5.74) is 4.92. The number of pyridine rings is 1. The Kier molecular flexibility index (Phi) is 10.9. The van der Waals surface area contributed by atoms with E-state index in [9.17, 15) is 9.90 Å². The lowest BCUT2D eigenvalue weighted by Crippen LogP contribution is -2.27. The van der Waals surface area contributed by atoms with Gasteiger partial charge < -0.3 is 10.2 Å². The predicted molar refractivity (Wildman–Crippen MR) is 178 cm³/mol. The fourth-order valence-electron chi connectivity index (χ4n) is 5.08. The molecule has 220 valence electrons. The van der Waals surface area contributed by atoms with Crippen molar-refractivity contribution in [1.29, 1.82) is 0 Å². The van der Waals surface area contributed by atoms with Crippen LogP contribution in [-0.2, 0) is 23.2 Å². The summed E-state index contributed by atoms with van der Waals surface area (Å²) >= 11 is 10.2. The number of benzene rings is 2. The number of carbonyl (C=O) groups is 1. The number of nitrogens with zero attached hydrogens (tertiary/aromatic N) is 1. The van der Waals surface area contributed by atoms with Crippen molar-refractivity contribution >= 4 is 54.5 Å². The Labute approximate surface area is 259 Å². The second kappa shape index (κ2) is 14.4. The standard InChI is InChI=1S/C30H30ClNO.C6H10O2S/c1-30(2,33)28-12-4-3-10-24(28)11-6-9-22-7-5-8-23(21-22)13-18-27-19-15-25-14-16-26(31)17-20-29(25)32-27;7-5(8)3-6(4-9)1-2-6/h3-5,7-8,10,12-16,18-21,33H,6,9,11,17H2,1-2H3;9H,1-4H2,(H,7,8)/b18-13+;. The quantitative estimate of drug-likeness (QED) is 0.221. The SMILES string of the molecule is CC(C)(O)c1ccccc1CCCc1cccc(/C=C/c2ccc3c(n2)=CCC(Cl)=CC=3)c1.O=C(O)CC1(CS)CC1. The summed E-state index contributed by atoms with van der Waals surface area (Å²) in [5, 5.41) is 21.7. The fourth-order valence-corrected chi connectivity index (χ4v) is 5.65. The first-order chi connectivity index (χ1) is 20.1. The molecule has 2 aliphatic rings. The van der Waals surface area contributed by atoms with Crippen LogP contribution >= 0.6 is 24.2 Å². The number of hydrogen-bond donors (Lipinski definition) is 3. The molecule has 0 amide bonds. The van der Waals surface area contributed by atoms with E-state index in [1.165, 1.54) is 16.7 Å². The molecule has 0 saturated heterocycles. The number of hydrogen-bond acceptors (Lipinski definition) is 4. The normalized spacial score (nSPS) is 15.3. The highest BCUT2D eigenvalue weighted by molar-refractivity contribution is 7.80. The van der Waals surface area contributed by atoms with Crippen LogP contribution in [0, 0.1) is 5.41 Å². The number of halogens is 1. The highest BCUT2D eigenvalue weighted by Crippen LogP contribution is 2.49. The van der Waals surface area contributed by atoms with Crippen molar-refractivity contribution in [2.45, 2.75) is 64.4 Å². The number of aryl methyl sites for hydroxylation is 2. The molecule has 0 atom stereocenters. The van der Waals surface area contributed by atoms with E-state index in [0.717, 1.165) is 64.7 Å². The van der Waals surface area contributed by atoms with Crippen LogP contribution in [0.1, 0.15) is 73.9 Å². The van der Waals surface area contributed by atoms with Gasteiger partial charge in [-0.1, -0.05) is 84.4 Å². The number of rotatable bonds is 10. The molecular weight excluding hydrogens is 562 g/mol. The minimum atomic E-state index is -0.816. The molecule has 0 spiro atoms. The van der Waals surface area contributed by atoms with Crippen LogP contribution in [0.3, 0.4) is 0 Å². The van der Waals surface area contributed by atoms with E-state index in [0.29, 0.717) is 12.8 Å². The number of aliphatic carboxylic acids is 1. The van der Waals surface area contributed by atoms with Crippen molar-refractivity contribution in [3.63, 3.8) is 0 Å². The summed E-state index contributed by atoms with van der Waals surface area (Å²) in [4.78, 5) is 15.0. The average molecular weight is 602 g/mol. The first-order valence-corrected chi connectivity index (χ1v) is 15.5. The van der Waals surface area contributed by atoms with Gasteiger partial charge >= 0.3 is 5.97 Å². The largest absolute Gasteiger partial charge is 0.481 e. The Morgan fingerprint density at radius 3 is 2.52 bits per heavy atom. The van der Waals surface area contributed by atoms with Crippen molar-refractivity contribution in [3.8, 4) is 0 Å². The first kappa shape index (κ1) is 31.8. The highest BCUT2D eigenvalue weighted by atomic mass is 35.5. The van der Waals surface area contributed by atoms with E-state index in [-0.39, 0.29) is 5.41 Å².